The normalized spacial score (nSPS) is 10.5. The molecule has 0 heterocycles. The third kappa shape index (κ3) is 3.88. The number of ether oxygens (including phenoxy) is 1. The SMILES string of the molecule is CCCCc1c(C)c(CCC)cc(OC(=O)O)c1O. The molecule has 1 rings (SSSR count). The Morgan fingerprint density at radius 2 is 1.95 bits per heavy atom. The zero-order valence-corrected chi connectivity index (χ0v) is 11.8. The second-order valence-corrected chi connectivity index (χ2v) is 4.71. The molecule has 0 atom stereocenters. The molecule has 0 unspecified atom stereocenters. The van der Waals surface area contributed by atoms with Gasteiger partial charge >= 0.3 is 6.16 Å². The number of carboxylic acid groups (broad SMARTS) is 1. The van der Waals surface area contributed by atoms with E-state index in [1.165, 1.54) is 0 Å². The Balaban J connectivity index is 3.24. The summed E-state index contributed by atoms with van der Waals surface area (Å²) in [6.45, 7) is 6.12. The monoisotopic (exact) mass is 266 g/mol. The van der Waals surface area contributed by atoms with Gasteiger partial charge in [0.05, 0.1) is 0 Å². The van der Waals surface area contributed by atoms with Gasteiger partial charge in [-0.2, -0.15) is 0 Å². The number of carbonyl (C=O) groups is 1. The van der Waals surface area contributed by atoms with Crippen LogP contribution in [-0.4, -0.2) is 16.4 Å². The number of aryl methyl sites for hydroxylation is 1. The second kappa shape index (κ2) is 7.02. The van der Waals surface area contributed by atoms with E-state index in [1.54, 1.807) is 6.07 Å². The fraction of sp³-hybridized carbons (Fsp3) is 0.533. The van der Waals surface area contributed by atoms with Crippen molar-refractivity contribution < 1.29 is 19.7 Å². The number of phenols is 1. The maximum atomic E-state index is 10.7. The van der Waals surface area contributed by atoms with Crippen LogP contribution in [0.4, 0.5) is 4.79 Å². The molecule has 0 bridgehead atoms. The second-order valence-electron chi connectivity index (χ2n) is 4.71. The third-order valence-corrected chi connectivity index (χ3v) is 3.26. The van der Waals surface area contributed by atoms with Gasteiger partial charge in [0.1, 0.15) is 0 Å². The Morgan fingerprint density at radius 1 is 1.26 bits per heavy atom. The highest BCUT2D eigenvalue weighted by Crippen LogP contribution is 2.36. The molecule has 2 N–H and O–H groups in total. The Hall–Kier alpha value is -1.71. The Kier molecular flexibility index (Phi) is 5.67. The van der Waals surface area contributed by atoms with Crippen LogP contribution in [0.2, 0.25) is 0 Å². The van der Waals surface area contributed by atoms with E-state index in [0.29, 0.717) is 0 Å². The Labute approximate surface area is 114 Å². The van der Waals surface area contributed by atoms with E-state index in [4.69, 9.17) is 5.11 Å². The summed E-state index contributed by atoms with van der Waals surface area (Å²) in [5.74, 6) is 0.0147. The highest BCUT2D eigenvalue weighted by molar-refractivity contribution is 5.65. The molecule has 0 aliphatic carbocycles. The summed E-state index contributed by atoms with van der Waals surface area (Å²) >= 11 is 0. The van der Waals surface area contributed by atoms with Crippen molar-refractivity contribution in [3.8, 4) is 11.5 Å². The maximum absolute atomic E-state index is 10.7. The molecule has 0 saturated heterocycles. The number of aromatic hydroxyl groups is 1. The summed E-state index contributed by atoms with van der Waals surface area (Å²) < 4.78 is 4.67. The number of hydrogen-bond acceptors (Lipinski definition) is 3. The van der Waals surface area contributed by atoms with Gasteiger partial charge in [0.2, 0.25) is 0 Å². The standard InChI is InChI=1S/C15H22O4/c1-4-6-8-12-10(3)11(7-5-2)9-13(14(12)16)19-15(17)18/h9,16H,4-8H2,1-3H3,(H,17,18). The van der Waals surface area contributed by atoms with Crippen LogP contribution < -0.4 is 4.74 Å². The molecule has 0 radical (unpaired) electrons. The fourth-order valence-corrected chi connectivity index (χ4v) is 2.22. The van der Waals surface area contributed by atoms with Crippen molar-refractivity contribution in [1.82, 2.24) is 0 Å². The van der Waals surface area contributed by atoms with Gasteiger partial charge in [-0.1, -0.05) is 26.7 Å². The molecule has 0 saturated carbocycles. The van der Waals surface area contributed by atoms with E-state index in [2.05, 4.69) is 18.6 Å². The molecule has 1 aromatic carbocycles. The van der Waals surface area contributed by atoms with E-state index in [-0.39, 0.29) is 11.5 Å². The minimum absolute atomic E-state index is 0.0341. The highest BCUT2D eigenvalue weighted by Gasteiger charge is 2.17. The smallest absolute Gasteiger partial charge is 0.504 e. The molecule has 106 valence electrons. The highest BCUT2D eigenvalue weighted by atomic mass is 16.7. The number of rotatable bonds is 6. The average Bonchev–Trinajstić information content (AvgIpc) is 2.35. The third-order valence-electron chi connectivity index (χ3n) is 3.26. The van der Waals surface area contributed by atoms with Gasteiger partial charge in [0, 0.05) is 5.56 Å². The van der Waals surface area contributed by atoms with E-state index in [1.807, 2.05) is 6.92 Å². The molecule has 0 amide bonds. The number of benzene rings is 1. The first-order valence-corrected chi connectivity index (χ1v) is 6.76. The van der Waals surface area contributed by atoms with Crippen molar-refractivity contribution in [2.75, 3.05) is 0 Å². The lowest BCUT2D eigenvalue weighted by Gasteiger charge is -2.16. The van der Waals surface area contributed by atoms with Gasteiger partial charge in [-0.15, -0.1) is 0 Å². The molecule has 0 aromatic heterocycles. The topological polar surface area (TPSA) is 66.8 Å². The summed E-state index contributed by atoms with van der Waals surface area (Å²) in [6.07, 6.45) is 3.12. The molecule has 0 aliphatic rings. The zero-order valence-electron chi connectivity index (χ0n) is 11.8. The largest absolute Gasteiger partial charge is 0.511 e. The van der Waals surface area contributed by atoms with Crippen LogP contribution in [0.15, 0.2) is 6.07 Å². The van der Waals surface area contributed by atoms with E-state index in [0.717, 1.165) is 48.8 Å². The van der Waals surface area contributed by atoms with Crippen LogP contribution in [-0.2, 0) is 12.8 Å². The summed E-state index contributed by atoms with van der Waals surface area (Å²) in [5, 5.41) is 18.9. The van der Waals surface area contributed by atoms with Crippen molar-refractivity contribution in [2.24, 2.45) is 0 Å². The number of phenolic OH excluding ortho intramolecular Hbond substituents is 1. The van der Waals surface area contributed by atoms with Crippen LogP contribution in [0.25, 0.3) is 0 Å². The molecular weight excluding hydrogens is 244 g/mol. The first kappa shape index (κ1) is 15.3. The van der Waals surface area contributed by atoms with E-state index < -0.39 is 6.16 Å². The molecule has 1 aromatic rings. The molecule has 0 spiro atoms. The minimum Gasteiger partial charge on any atom is -0.504 e. The molecule has 0 fully saturated rings. The van der Waals surface area contributed by atoms with Crippen molar-refractivity contribution in [3.05, 3.63) is 22.8 Å². The van der Waals surface area contributed by atoms with Crippen LogP contribution in [0, 0.1) is 6.92 Å². The molecular formula is C15H22O4. The zero-order chi connectivity index (χ0) is 14.4. The van der Waals surface area contributed by atoms with Gasteiger partial charge in [0.15, 0.2) is 11.5 Å². The minimum atomic E-state index is -1.40. The van der Waals surface area contributed by atoms with Crippen molar-refractivity contribution in [3.63, 3.8) is 0 Å². The van der Waals surface area contributed by atoms with Gasteiger partial charge in [-0.25, -0.2) is 4.79 Å². The van der Waals surface area contributed by atoms with Crippen molar-refractivity contribution >= 4 is 6.16 Å². The Morgan fingerprint density at radius 3 is 2.47 bits per heavy atom. The lowest BCUT2D eigenvalue weighted by molar-refractivity contribution is 0.142. The number of hydrogen-bond donors (Lipinski definition) is 2. The molecule has 19 heavy (non-hydrogen) atoms. The molecule has 4 nitrogen and oxygen atoms in total. The first-order chi connectivity index (χ1) is 9.01. The lowest BCUT2D eigenvalue weighted by Crippen LogP contribution is -2.06. The molecule has 4 heteroatoms. The predicted octanol–water partition coefficient (Wildman–Crippen LogP) is 4.05. The van der Waals surface area contributed by atoms with Gasteiger partial charge in [0.25, 0.3) is 0 Å². The van der Waals surface area contributed by atoms with Crippen molar-refractivity contribution in [2.45, 2.75) is 52.9 Å². The fourth-order valence-electron chi connectivity index (χ4n) is 2.22. The van der Waals surface area contributed by atoms with Gasteiger partial charge in [-0.05, 0) is 43.4 Å². The van der Waals surface area contributed by atoms with Crippen LogP contribution >= 0.6 is 0 Å². The van der Waals surface area contributed by atoms with E-state index in [9.17, 15) is 9.90 Å². The van der Waals surface area contributed by atoms with Crippen LogP contribution in [0.1, 0.15) is 49.8 Å². The van der Waals surface area contributed by atoms with E-state index >= 15 is 0 Å². The summed E-state index contributed by atoms with van der Waals surface area (Å²) in [7, 11) is 0. The van der Waals surface area contributed by atoms with Gasteiger partial charge < -0.3 is 14.9 Å². The average molecular weight is 266 g/mol. The van der Waals surface area contributed by atoms with Crippen LogP contribution in [0.5, 0.6) is 11.5 Å². The lowest BCUT2D eigenvalue weighted by atomic mass is 9.94. The summed E-state index contributed by atoms with van der Waals surface area (Å²) in [6, 6.07) is 1.64. The summed E-state index contributed by atoms with van der Waals surface area (Å²) in [5.41, 5.74) is 2.90. The first-order valence-electron chi connectivity index (χ1n) is 6.76. The van der Waals surface area contributed by atoms with Gasteiger partial charge in [-0.3, -0.25) is 0 Å². The molecule has 0 aliphatic heterocycles. The summed E-state index contributed by atoms with van der Waals surface area (Å²) in [4.78, 5) is 10.7. The Bertz CT molecular complexity index is 452. The predicted molar refractivity (Wildman–Crippen MR) is 74.1 cm³/mol. The van der Waals surface area contributed by atoms with Crippen molar-refractivity contribution in [1.29, 1.82) is 0 Å². The number of unbranched alkanes of at least 4 members (excludes halogenated alkanes) is 1. The quantitative estimate of drug-likeness (QED) is 0.602. The van der Waals surface area contributed by atoms with Crippen LogP contribution in [0.3, 0.4) is 0 Å². The maximum Gasteiger partial charge on any atom is 0.511 e.